The molecule has 5 aromatic rings. The van der Waals surface area contributed by atoms with Crippen molar-refractivity contribution in [1.29, 1.82) is 0 Å². The second-order valence-corrected chi connectivity index (χ2v) is 19.4. The van der Waals surface area contributed by atoms with Gasteiger partial charge in [-0.2, -0.15) is 10.1 Å². The Labute approximate surface area is 403 Å². The van der Waals surface area contributed by atoms with Crippen molar-refractivity contribution >= 4 is 69.9 Å². The number of benzene rings is 1. The van der Waals surface area contributed by atoms with E-state index in [1.54, 1.807) is 49.8 Å². The fraction of sp³-hybridized carbons (Fsp3) is 0.479. The third-order valence-corrected chi connectivity index (χ3v) is 13.5. The number of hydrogen-bond acceptors (Lipinski definition) is 14. The summed E-state index contributed by atoms with van der Waals surface area (Å²) < 4.78 is 12.6. The molecule has 2 saturated heterocycles. The van der Waals surface area contributed by atoms with E-state index in [4.69, 9.17) is 20.9 Å². The molecule has 3 aliphatic heterocycles. The van der Waals surface area contributed by atoms with E-state index < -0.39 is 42.0 Å². The number of aromatic nitrogens is 6. The second kappa shape index (κ2) is 19.9. The molecule has 3 fully saturated rings. The largest absolute Gasteiger partial charge is 0.443 e. The number of carbonyl (C=O) groups excluding carboxylic acids is 6. The van der Waals surface area contributed by atoms with E-state index in [1.165, 1.54) is 11.1 Å². The zero-order valence-corrected chi connectivity index (χ0v) is 39.7. The van der Waals surface area contributed by atoms with Crippen molar-refractivity contribution in [3.8, 4) is 11.5 Å². The molecule has 1 atom stereocenters. The summed E-state index contributed by atoms with van der Waals surface area (Å²) >= 11 is 6.59. The highest BCUT2D eigenvalue weighted by molar-refractivity contribution is 6.33. The van der Waals surface area contributed by atoms with Crippen LogP contribution in [0.2, 0.25) is 5.02 Å². The van der Waals surface area contributed by atoms with Crippen LogP contribution >= 0.6 is 11.6 Å². The number of carbonyl (C=O) groups is 6. The molecule has 69 heavy (non-hydrogen) atoms. The number of anilines is 3. The van der Waals surface area contributed by atoms with Crippen LogP contribution in [0.3, 0.4) is 0 Å². The van der Waals surface area contributed by atoms with Crippen LogP contribution in [-0.2, 0) is 36.9 Å². The highest BCUT2D eigenvalue weighted by Crippen LogP contribution is 2.38. The number of esters is 1. The highest BCUT2D eigenvalue weighted by Gasteiger charge is 2.43. The Morgan fingerprint density at radius 3 is 2.49 bits per heavy atom. The molecular formula is C48H55ClN12O8. The third kappa shape index (κ3) is 10.3. The first kappa shape index (κ1) is 47.1. The maximum atomic E-state index is 13.5. The molecule has 2 N–H and O–H groups in total. The number of piperidine rings is 1. The van der Waals surface area contributed by atoms with Crippen molar-refractivity contribution in [1.82, 2.24) is 44.4 Å². The molecular weight excluding hydrogens is 908 g/mol. The summed E-state index contributed by atoms with van der Waals surface area (Å²) in [5.74, 6) is -0.765. The first-order valence-electron chi connectivity index (χ1n) is 23.6. The number of aryl methyl sites for hydroxylation is 1. The number of ether oxygens (including phenoxy) is 1. The van der Waals surface area contributed by atoms with E-state index >= 15 is 0 Å². The molecule has 1 aliphatic carbocycles. The van der Waals surface area contributed by atoms with Gasteiger partial charge in [0.2, 0.25) is 23.5 Å². The molecule has 7 heterocycles. The van der Waals surface area contributed by atoms with Crippen LogP contribution in [0.25, 0.3) is 17.2 Å². The molecule has 362 valence electrons. The molecule has 1 unspecified atom stereocenters. The van der Waals surface area contributed by atoms with Crippen LogP contribution in [0.4, 0.5) is 21.9 Å². The van der Waals surface area contributed by atoms with E-state index in [-0.39, 0.29) is 48.0 Å². The lowest BCUT2D eigenvalue weighted by Crippen LogP contribution is -2.55. The van der Waals surface area contributed by atoms with Gasteiger partial charge >= 0.3 is 12.0 Å². The van der Waals surface area contributed by atoms with Crippen LogP contribution in [0.1, 0.15) is 118 Å². The van der Waals surface area contributed by atoms with Gasteiger partial charge in [0, 0.05) is 75.2 Å². The minimum Gasteiger partial charge on any atom is -0.443 e. The molecule has 0 radical (unpaired) electrons. The number of piperazine rings is 1. The molecule has 9 rings (SSSR count). The number of urea groups is 1. The van der Waals surface area contributed by atoms with Crippen LogP contribution in [-0.4, -0.2) is 119 Å². The molecule has 1 aromatic carbocycles. The Morgan fingerprint density at radius 2 is 1.72 bits per heavy atom. The summed E-state index contributed by atoms with van der Waals surface area (Å²) in [6.45, 7) is 7.18. The molecule has 4 aliphatic rings. The normalized spacial score (nSPS) is 17.8. The van der Waals surface area contributed by atoms with Crippen molar-refractivity contribution in [2.75, 3.05) is 48.4 Å². The summed E-state index contributed by atoms with van der Waals surface area (Å²) in [5.41, 5.74) is 4.40. The van der Waals surface area contributed by atoms with Crippen LogP contribution in [0.15, 0.2) is 53.4 Å². The van der Waals surface area contributed by atoms with Gasteiger partial charge in [-0.05, 0) is 82.7 Å². The predicted octanol–water partition coefficient (Wildman–Crippen LogP) is 6.60. The van der Waals surface area contributed by atoms with Gasteiger partial charge in [0.25, 0.3) is 11.8 Å². The maximum absolute atomic E-state index is 13.5. The fourth-order valence-electron chi connectivity index (χ4n) is 9.45. The number of nitrogens with zero attached hydrogens (tertiary/aromatic N) is 10. The topological polar surface area (TPSA) is 231 Å². The second-order valence-electron chi connectivity index (χ2n) is 19.0. The number of pyridine rings is 1. The number of amides is 6. The predicted molar refractivity (Wildman–Crippen MR) is 252 cm³/mol. The Hall–Kier alpha value is -6.96. The van der Waals surface area contributed by atoms with Crippen LogP contribution in [0, 0.1) is 5.41 Å². The smallest absolute Gasteiger partial charge is 0.323 e. The first-order valence-corrected chi connectivity index (χ1v) is 24.0. The van der Waals surface area contributed by atoms with Gasteiger partial charge in [-0.15, -0.1) is 0 Å². The summed E-state index contributed by atoms with van der Waals surface area (Å²) in [7, 11) is 0. The number of fused-ring (bicyclic) bond motifs is 2. The number of unbranched alkanes of at least 4 members (excludes halogenated alkanes) is 2. The Morgan fingerprint density at radius 1 is 0.928 bits per heavy atom. The molecule has 21 heteroatoms. The molecule has 1 saturated carbocycles. The van der Waals surface area contributed by atoms with E-state index in [2.05, 4.69) is 40.7 Å². The van der Waals surface area contributed by atoms with Crippen molar-refractivity contribution < 1.29 is 38.0 Å². The van der Waals surface area contributed by atoms with E-state index in [0.29, 0.717) is 74.0 Å². The average Bonchev–Trinajstić information content (AvgIpc) is 4.17. The van der Waals surface area contributed by atoms with Gasteiger partial charge in [0.1, 0.15) is 11.7 Å². The number of rotatable bonds is 14. The molecule has 0 spiro atoms. The highest BCUT2D eigenvalue weighted by atomic mass is 35.5. The van der Waals surface area contributed by atoms with Gasteiger partial charge in [0.05, 0.1) is 46.1 Å². The number of hydrogen-bond donors (Lipinski definition) is 2. The summed E-state index contributed by atoms with van der Waals surface area (Å²) in [4.78, 5) is 98.1. The average molecular weight is 963 g/mol. The van der Waals surface area contributed by atoms with E-state index in [1.807, 2.05) is 23.1 Å². The van der Waals surface area contributed by atoms with Gasteiger partial charge in [-0.25, -0.2) is 24.2 Å². The number of nitrogens with one attached hydrogen (secondary N) is 2. The summed E-state index contributed by atoms with van der Waals surface area (Å²) in [6, 6.07) is 7.75. The standard InChI is InChI=1S/C48H55ClN12O8/c1-48(2,3)46(66)68-28-60-40(63)16-15-36(45(60)65)59-27-30-23-32(13-14-33(30)44(59)64)57-19-21-58(22-20-57)39(62)12-6-4-5-11-38-55-43(56-69-38)41-34(49)24-31(25-51-41)53-47(67)54-35-26-50-37-17-18-52-61(37)42(35)29-9-7-8-10-29/h13-14,17-18,23-26,29,36H,4-12,15-16,19-22,27-28H2,1-3H3,(H2,53,54,67). The van der Waals surface area contributed by atoms with Crippen LogP contribution < -0.4 is 15.5 Å². The van der Waals surface area contributed by atoms with Crippen molar-refractivity contribution in [2.45, 2.75) is 110 Å². The monoisotopic (exact) mass is 962 g/mol. The van der Waals surface area contributed by atoms with E-state index in [9.17, 15) is 28.8 Å². The van der Waals surface area contributed by atoms with Crippen molar-refractivity contribution in [3.63, 3.8) is 0 Å². The molecule has 20 nitrogen and oxygen atoms in total. The SMILES string of the molecule is CC(C)(C)C(=O)OCN1C(=O)CCC(N2Cc3cc(N4CCN(C(=O)CCCCCc5nc(-c6ncc(NC(=O)Nc7cnc8ccnn8c7C7CCCC7)cc6Cl)no5)CC4)ccc3C2=O)C1=O. The fourth-order valence-corrected chi connectivity index (χ4v) is 9.70. The summed E-state index contributed by atoms with van der Waals surface area (Å²) in [5, 5.41) is 14.5. The zero-order chi connectivity index (χ0) is 48.4. The van der Waals surface area contributed by atoms with Gasteiger partial charge < -0.3 is 34.6 Å². The Kier molecular flexibility index (Phi) is 13.6. The Bertz CT molecular complexity index is 2790. The lowest BCUT2D eigenvalue weighted by atomic mass is 9.97. The first-order chi connectivity index (χ1) is 33.2. The maximum Gasteiger partial charge on any atom is 0.323 e. The quantitative estimate of drug-likeness (QED) is 0.0679. The van der Waals surface area contributed by atoms with Crippen molar-refractivity contribution in [3.05, 3.63) is 76.7 Å². The van der Waals surface area contributed by atoms with Gasteiger partial charge in [-0.3, -0.25) is 24.0 Å². The minimum absolute atomic E-state index is 0.0567. The molecule has 6 amide bonds. The lowest BCUT2D eigenvalue weighted by molar-refractivity contribution is -0.168. The third-order valence-electron chi connectivity index (χ3n) is 13.2. The Balaban J connectivity index is 0.695. The van der Waals surface area contributed by atoms with Gasteiger partial charge in [0.15, 0.2) is 12.4 Å². The minimum atomic E-state index is -0.843. The van der Waals surface area contributed by atoms with Crippen molar-refractivity contribution in [2.24, 2.45) is 5.41 Å². The number of likely N-dealkylation sites (tertiary alicyclic amines) is 1. The number of halogens is 1. The molecule has 4 aromatic heterocycles. The van der Waals surface area contributed by atoms with Gasteiger partial charge in [-0.1, -0.05) is 36.0 Å². The molecule has 0 bridgehead atoms. The van der Waals surface area contributed by atoms with Crippen LogP contribution in [0.5, 0.6) is 0 Å². The number of imide groups is 1. The summed E-state index contributed by atoms with van der Waals surface area (Å²) in [6.07, 6.45) is 12.6. The zero-order valence-electron chi connectivity index (χ0n) is 38.9. The lowest BCUT2D eigenvalue weighted by Gasteiger charge is -2.36. The van der Waals surface area contributed by atoms with E-state index in [0.717, 1.165) is 66.0 Å².